The zero-order chi connectivity index (χ0) is 17.6. The highest BCUT2D eigenvalue weighted by molar-refractivity contribution is 5.92. The summed E-state index contributed by atoms with van der Waals surface area (Å²) >= 11 is 0. The fourth-order valence-corrected chi connectivity index (χ4v) is 1.57. The van der Waals surface area contributed by atoms with E-state index >= 15 is 0 Å². The summed E-state index contributed by atoms with van der Waals surface area (Å²) in [6, 6.07) is 5.62. The number of aliphatic hydroxyl groups excluding tert-OH is 2. The Kier molecular flexibility index (Phi) is 10.4. The molecule has 0 spiro atoms. The molecule has 0 aromatic heterocycles. The lowest BCUT2D eigenvalue weighted by atomic mass is 10.1. The number of rotatable bonds is 12. The molecular weight excluding hydrogens is 320 g/mol. The van der Waals surface area contributed by atoms with Crippen LogP contribution in [0.25, 0.3) is 0 Å². The molecule has 1 rings (SSSR count). The Morgan fingerprint density at radius 3 is 1.42 bits per heavy atom. The maximum atomic E-state index is 11.7. The zero-order valence-corrected chi connectivity index (χ0v) is 13.3. The van der Waals surface area contributed by atoms with Crippen molar-refractivity contribution in [3.05, 3.63) is 35.4 Å². The van der Waals surface area contributed by atoms with Gasteiger partial charge in [0.25, 0.3) is 0 Å². The van der Waals surface area contributed by atoms with Crippen LogP contribution in [0.4, 0.5) is 0 Å². The Morgan fingerprint density at radius 2 is 1.08 bits per heavy atom. The van der Waals surface area contributed by atoms with Gasteiger partial charge in [-0.25, -0.2) is 9.59 Å². The molecule has 0 aliphatic carbocycles. The topological polar surface area (TPSA) is 112 Å². The molecular formula is C16H22O8. The van der Waals surface area contributed by atoms with Gasteiger partial charge in [0.15, 0.2) is 0 Å². The van der Waals surface area contributed by atoms with Gasteiger partial charge in [-0.2, -0.15) is 9.78 Å². The van der Waals surface area contributed by atoms with Gasteiger partial charge < -0.3 is 10.2 Å². The van der Waals surface area contributed by atoms with Crippen molar-refractivity contribution in [3.63, 3.8) is 0 Å². The summed E-state index contributed by atoms with van der Waals surface area (Å²) < 4.78 is 0. The van der Waals surface area contributed by atoms with Crippen molar-refractivity contribution in [1.29, 1.82) is 0 Å². The Labute approximate surface area is 139 Å². The first-order valence-corrected chi connectivity index (χ1v) is 7.68. The second-order valence-corrected chi connectivity index (χ2v) is 4.82. The summed E-state index contributed by atoms with van der Waals surface area (Å²) in [7, 11) is 0. The number of benzene rings is 1. The molecule has 0 aliphatic heterocycles. The number of aliphatic hydroxyl groups is 2. The van der Waals surface area contributed by atoms with E-state index in [0.717, 1.165) is 0 Å². The molecule has 8 nitrogen and oxygen atoms in total. The fraction of sp³-hybridized carbons (Fsp3) is 0.500. The van der Waals surface area contributed by atoms with Crippen LogP contribution in [0.3, 0.4) is 0 Å². The maximum Gasteiger partial charge on any atom is 0.373 e. The van der Waals surface area contributed by atoms with E-state index in [9.17, 15) is 9.59 Å². The van der Waals surface area contributed by atoms with Gasteiger partial charge in [0, 0.05) is 13.2 Å². The lowest BCUT2D eigenvalue weighted by molar-refractivity contribution is -0.241. The molecule has 0 amide bonds. The summed E-state index contributed by atoms with van der Waals surface area (Å²) in [5.41, 5.74) is 0.440. The number of hydrogen-bond donors (Lipinski definition) is 2. The lowest BCUT2D eigenvalue weighted by Gasteiger charge is -2.05. The zero-order valence-electron chi connectivity index (χ0n) is 13.3. The fourth-order valence-electron chi connectivity index (χ4n) is 1.57. The van der Waals surface area contributed by atoms with Gasteiger partial charge in [0.1, 0.15) is 0 Å². The van der Waals surface area contributed by atoms with Gasteiger partial charge in [-0.1, -0.05) is 0 Å². The van der Waals surface area contributed by atoms with Crippen molar-refractivity contribution < 1.29 is 39.4 Å². The lowest BCUT2D eigenvalue weighted by Crippen LogP contribution is -2.09. The van der Waals surface area contributed by atoms with E-state index < -0.39 is 11.9 Å². The van der Waals surface area contributed by atoms with Crippen LogP contribution in [0.5, 0.6) is 0 Å². The van der Waals surface area contributed by atoms with Crippen LogP contribution < -0.4 is 0 Å². The average Bonchev–Trinajstić information content (AvgIpc) is 2.61. The molecule has 134 valence electrons. The predicted molar refractivity (Wildman–Crippen MR) is 81.8 cm³/mol. The third-order valence-electron chi connectivity index (χ3n) is 2.90. The number of carbonyl (C=O) groups excluding carboxylic acids is 2. The molecule has 1 aromatic carbocycles. The largest absolute Gasteiger partial charge is 0.396 e. The monoisotopic (exact) mass is 342 g/mol. The number of hydrogen-bond acceptors (Lipinski definition) is 8. The molecule has 0 saturated carbocycles. The first-order chi connectivity index (χ1) is 11.7. The van der Waals surface area contributed by atoms with Crippen molar-refractivity contribution in [2.75, 3.05) is 26.4 Å². The van der Waals surface area contributed by atoms with Crippen LogP contribution >= 0.6 is 0 Å². The van der Waals surface area contributed by atoms with E-state index in [1.165, 1.54) is 24.3 Å². The Bertz CT molecular complexity index is 440. The van der Waals surface area contributed by atoms with E-state index in [1.54, 1.807) is 0 Å². The van der Waals surface area contributed by atoms with Gasteiger partial charge in [0.2, 0.25) is 0 Å². The molecule has 0 aliphatic rings. The molecule has 0 fully saturated rings. The second kappa shape index (κ2) is 12.4. The Morgan fingerprint density at radius 1 is 0.708 bits per heavy atom. The van der Waals surface area contributed by atoms with Crippen LogP contribution in [0.15, 0.2) is 24.3 Å². The SMILES string of the molecule is O=C(OOCCCCO)c1ccc(C(=O)OOCCCCO)cc1. The highest BCUT2D eigenvalue weighted by atomic mass is 17.2. The molecule has 2 N–H and O–H groups in total. The van der Waals surface area contributed by atoms with Crippen LogP contribution in [0, 0.1) is 0 Å². The van der Waals surface area contributed by atoms with E-state index in [2.05, 4.69) is 9.78 Å². The molecule has 0 saturated heterocycles. The number of unbranched alkanes of at least 4 members (excludes halogenated alkanes) is 2. The van der Waals surface area contributed by atoms with E-state index in [4.69, 9.17) is 20.0 Å². The highest BCUT2D eigenvalue weighted by Gasteiger charge is 2.12. The molecule has 8 heteroatoms. The first kappa shape index (κ1) is 20.0. The van der Waals surface area contributed by atoms with Crippen molar-refractivity contribution in [2.45, 2.75) is 25.7 Å². The predicted octanol–water partition coefficient (Wildman–Crippen LogP) is 1.41. The van der Waals surface area contributed by atoms with Gasteiger partial charge >= 0.3 is 11.9 Å². The molecule has 0 unspecified atom stereocenters. The van der Waals surface area contributed by atoms with Crippen LogP contribution in [0.1, 0.15) is 46.4 Å². The van der Waals surface area contributed by atoms with Gasteiger partial charge in [-0.3, -0.25) is 9.78 Å². The van der Waals surface area contributed by atoms with Crippen molar-refractivity contribution in [1.82, 2.24) is 0 Å². The molecule has 0 atom stereocenters. The summed E-state index contributed by atoms with van der Waals surface area (Å²) in [6.45, 7) is 0.509. The third kappa shape index (κ3) is 8.02. The van der Waals surface area contributed by atoms with Gasteiger partial charge in [-0.15, -0.1) is 0 Å². The summed E-state index contributed by atoms with van der Waals surface area (Å²) in [5.74, 6) is -1.36. The van der Waals surface area contributed by atoms with Crippen LogP contribution in [-0.2, 0) is 19.6 Å². The molecule has 0 heterocycles. The minimum Gasteiger partial charge on any atom is -0.396 e. The standard InChI is InChI=1S/C16H22O8/c17-9-1-3-11-21-23-15(19)13-5-7-14(8-6-13)16(20)24-22-12-4-2-10-18/h5-8,17-18H,1-4,9-12H2. The Hall–Kier alpha value is -2.00. The second-order valence-electron chi connectivity index (χ2n) is 4.82. The van der Waals surface area contributed by atoms with Crippen molar-refractivity contribution in [3.8, 4) is 0 Å². The van der Waals surface area contributed by atoms with Crippen LogP contribution in [0.2, 0.25) is 0 Å². The molecule has 0 bridgehead atoms. The first-order valence-electron chi connectivity index (χ1n) is 7.68. The molecule has 24 heavy (non-hydrogen) atoms. The smallest absolute Gasteiger partial charge is 0.373 e. The van der Waals surface area contributed by atoms with Gasteiger partial charge in [0.05, 0.1) is 24.3 Å². The average molecular weight is 342 g/mol. The summed E-state index contributed by atoms with van der Waals surface area (Å²) in [5, 5.41) is 17.2. The maximum absolute atomic E-state index is 11.7. The van der Waals surface area contributed by atoms with Gasteiger partial charge in [-0.05, 0) is 49.9 Å². The van der Waals surface area contributed by atoms with Crippen LogP contribution in [-0.4, -0.2) is 48.6 Å². The summed E-state index contributed by atoms with van der Waals surface area (Å²) in [6.07, 6.45) is 2.28. The summed E-state index contributed by atoms with van der Waals surface area (Å²) in [4.78, 5) is 42.0. The normalized spacial score (nSPS) is 10.4. The number of carbonyl (C=O) groups is 2. The molecule has 1 aromatic rings. The van der Waals surface area contributed by atoms with E-state index in [-0.39, 0.29) is 37.6 Å². The van der Waals surface area contributed by atoms with Crippen molar-refractivity contribution in [2.24, 2.45) is 0 Å². The third-order valence-corrected chi connectivity index (χ3v) is 2.90. The Balaban J connectivity index is 2.33. The van der Waals surface area contributed by atoms with E-state index in [0.29, 0.717) is 25.7 Å². The highest BCUT2D eigenvalue weighted by Crippen LogP contribution is 2.08. The minimum atomic E-state index is -0.681. The minimum absolute atomic E-state index is 0.0556. The van der Waals surface area contributed by atoms with Crippen molar-refractivity contribution >= 4 is 11.9 Å². The quantitative estimate of drug-likeness (QED) is 0.333. The van der Waals surface area contributed by atoms with E-state index in [1.807, 2.05) is 0 Å². The molecule has 0 radical (unpaired) electrons.